The summed E-state index contributed by atoms with van der Waals surface area (Å²) in [7, 11) is 0. The van der Waals surface area contributed by atoms with Crippen LogP contribution in [-0.2, 0) is 4.79 Å². The Morgan fingerprint density at radius 2 is 2.35 bits per heavy atom. The average molecular weight is 231 g/mol. The SMILES string of the molecule is CCOc1ccc2c(c1)NCC(=O)CC1CC21. The van der Waals surface area contributed by atoms with Crippen molar-refractivity contribution in [1.82, 2.24) is 0 Å². The van der Waals surface area contributed by atoms with E-state index in [1.54, 1.807) is 0 Å². The standard InChI is InChI=1S/C14H17NO2/c1-2-17-11-3-4-12-13-6-9(13)5-10(16)8-15-14(12)7-11/h3-4,7,9,13,15H,2,5-6,8H2,1H3. The maximum Gasteiger partial charge on any atom is 0.152 e. The van der Waals surface area contributed by atoms with Crippen LogP contribution in [0.15, 0.2) is 18.2 Å². The fraction of sp³-hybridized carbons (Fsp3) is 0.500. The number of hydrogen-bond acceptors (Lipinski definition) is 3. The van der Waals surface area contributed by atoms with Gasteiger partial charge in [0.2, 0.25) is 0 Å². The summed E-state index contributed by atoms with van der Waals surface area (Å²) in [5.74, 6) is 2.37. The van der Waals surface area contributed by atoms with Gasteiger partial charge in [-0.2, -0.15) is 0 Å². The van der Waals surface area contributed by atoms with E-state index in [0.717, 1.165) is 24.3 Å². The highest BCUT2D eigenvalue weighted by Crippen LogP contribution is 2.52. The van der Waals surface area contributed by atoms with Crippen molar-refractivity contribution in [2.24, 2.45) is 5.92 Å². The van der Waals surface area contributed by atoms with E-state index in [0.29, 0.717) is 30.8 Å². The summed E-state index contributed by atoms with van der Waals surface area (Å²) >= 11 is 0. The molecule has 90 valence electrons. The summed E-state index contributed by atoms with van der Waals surface area (Å²) < 4.78 is 5.49. The highest BCUT2D eigenvalue weighted by Gasteiger charge is 2.41. The minimum atomic E-state index is 0.324. The molecule has 1 aromatic rings. The van der Waals surface area contributed by atoms with Crippen LogP contribution in [0.4, 0.5) is 5.69 Å². The molecule has 3 nitrogen and oxygen atoms in total. The molecule has 1 aliphatic carbocycles. The molecule has 2 aliphatic rings. The monoisotopic (exact) mass is 231 g/mol. The van der Waals surface area contributed by atoms with Crippen molar-refractivity contribution < 1.29 is 9.53 Å². The third kappa shape index (κ3) is 2.02. The third-order valence-corrected chi connectivity index (χ3v) is 3.62. The molecule has 0 spiro atoms. The second kappa shape index (κ2) is 4.06. The molecule has 1 fully saturated rings. The number of fused-ring (bicyclic) bond motifs is 3. The van der Waals surface area contributed by atoms with E-state index in [9.17, 15) is 4.79 Å². The largest absolute Gasteiger partial charge is 0.494 e. The van der Waals surface area contributed by atoms with Gasteiger partial charge in [-0.1, -0.05) is 6.07 Å². The van der Waals surface area contributed by atoms with Crippen LogP contribution >= 0.6 is 0 Å². The molecule has 1 saturated carbocycles. The number of hydrogen-bond donors (Lipinski definition) is 1. The molecule has 17 heavy (non-hydrogen) atoms. The maximum absolute atomic E-state index is 11.6. The predicted molar refractivity (Wildman–Crippen MR) is 66.6 cm³/mol. The molecule has 3 heteroatoms. The van der Waals surface area contributed by atoms with Gasteiger partial charge in [-0.3, -0.25) is 4.79 Å². The van der Waals surface area contributed by atoms with Gasteiger partial charge in [-0.25, -0.2) is 0 Å². The predicted octanol–water partition coefficient (Wildman–Crippen LogP) is 2.57. The first kappa shape index (κ1) is 10.6. The van der Waals surface area contributed by atoms with Crippen molar-refractivity contribution in [3.05, 3.63) is 23.8 Å². The van der Waals surface area contributed by atoms with E-state index in [1.807, 2.05) is 19.1 Å². The molecule has 3 rings (SSSR count). The van der Waals surface area contributed by atoms with Crippen LogP contribution in [0.25, 0.3) is 0 Å². The zero-order chi connectivity index (χ0) is 11.8. The third-order valence-electron chi connectivity index (χ3n) is 3.62. The molecular weight excluding hydrogens is 214 g/mol. The highest BCUT2D eigenvalue weighted by atomic mass is 16.5. The second-order valence-electron chi connectivity index (χ2n) is 4.88. The number of carbonyl (C=O) groups is 1. The van der Waals surface area contributed by atoms with Crippen molar-refractivity contribution in [1.29, 1.82) is 0 Å². The molecule has 0 saturated heterocycles. The maximum atomic E-state index is 11.6. The van der Waals surface area contributed by atoms with Crippen molar-refractivity contribution >= 4 is 11.5 Å². The Balaban J connectivity index is 1.92. The highest BCUT2D eigenvalue weighted by molar-refractivity contribution is 5.85. The van der Waals surface area contributed by atoms with Crippen molar-refractivity contribution in [2.45, 2.75) is 25.7 Å². The Bertz CT molecular complexity index is 456. The zero-order valence-electron chi connectivity index (χ0n) is 10.0. The Labute approximate surface area is 101 Å². The van der Waals surface area contributed by atoms with E-state index >= 15 is 0 Å². The zero-order valence-corrected chi connectivity index (χ0v) is 10.0. The Morgan fingerprint density at radius 1 is 1.47 bits per heavy atom. The number of ether oxygens (including phenoxy) is 1. The number of Topliss-reactive ketones (excluding diaryl/α,β-unsaturated/α-hetero) is 1. The van der Waals surface area contributed by atoms with E-state index in [-0.39, 0.29) is 0 Å². The van der Waals surface area contributed by atoms with E-state index in [4.69, 9.17) is 4.74 Å². The lowest BCUT2D eigenvalue weighted by atomic mass is 10.0. The summed E-state index contributed by atoms with van der Waals surface area (Å²) in [5.41, 5.74) is 2.43. The summed E-state index contributed by atoms with van der Waals surface area (Å²) in [5, 5.41) is 3.24. The first-order chi connectivity index (χ1) is 8.28. The van der Waals surface area contributed by atoms with E-state index in [2.05, 4.69) is 11.4 Å². The van der Waals surface area contributed by atoms with Crippen LogP contribution in [0, 0.1) is 5.92 Å². The van der Waals surface area contributed by atoms with Gasteiger partial charge in [0.15, 0.2) is 5.78 Å². The average Bonchev–Trinajstić information content (AvgIpc) is 3.04. The molecule has 1 heterocycles. The van der Waals surface area contributed by atoms with Gasteiger partial charge in [0.25, 0.3) is 0 Å². The summed E-state index contributed by atoms with van der Waals surface area (Å²) in [4.78, 5) is 11.6. The first-order valence-corrected chi connectivity index (χ1v) is 6.30. The van der Waals surface area contributed by atoms with Crippen LogP contribution in [0.3, 0.4) is 0 Å². The number of carbonyl (C=O) groups excluding carboxylic acids is 1. The topological polar surface area (TPSA) is 38.3 Å². The van der Waals surface area contributed by atoms with Gasteiger partial charge in [-0.05, 0) is 36.8 Å². The van der Waals surface area contributed by atoms with Crippen molar-refractivity contribution in [3.63, 3.8) is 0 Å². The number of rotatable bonds is 2. The summed E-state index contributed by atoms with van der Waals surface area (Å²) in [6, 6.07) is 6.20. The quantitative estimate of drug-likeness (QED) is 0.850. The lowest BCUT2D eigenvalue weighted by Crippen LogP contribution is -2.17. The number of benzene rings is 1. The van der Waals surface area contributed by atoms with Gasteiger partial charge >= 0.3 is 0 Å². The molecule has 2 unspecified atom stereocenters. The van der Waals surface area contributed by atoms with Gasteiger partial charge < -0.3 is 10.1 Å². The van der Waals surface area contributed by atoms with Gasteiger partial charge in [-0.15, -0.1) is 0 Å². The van der Waals surface area contributed by atoms with Crippen LogP contribution in [0.2, 0.25) is 0 Å². The van der Waals surface area contributed by atoms with Crippen LogP contribution < -0.4 is 10.1 Å². The molecule has 0 aromatic heterocycles. The van der Waals surface area contributed by atoms with Gasteiger partial charge in [0, 0.05) is 18.2 Å². The fourth-order valence-electron chi connectivity index (χ4n) is 2.68. The molecular formula is C14H17NO2. The van der Waals surface area contributed by atoms with Gasteiger partial charge in [0.05, 0.1) is 13.2 Å². The Kier molecular flexibility index (Phi) is 2.54. The number of ketones is 1. The van der Waals surface area contributed by atoms with Gasteiger partial charge in [0.1, 0.15) is 5.75 Å². The van der Waals surface area contributed by atoms with Crippen LogP contribution in [0.5, 0.6) is 5.75 Å². The first-order valence-electron chi connectivity index (χ1n) is 6.30. The fourth-order valence-corrected chi connectivity index (χ4v) is 2.68. The number of anilines is 1. The minimum absolute atomic E-state index is 0.324. The molecule has 0 radical (unpaired) electrons. The summed E-state index contributed by atoms with van der Waals surface area (Å²) in [6.45, 7) is 3.10. The lowest BCUT2D eigenvalue weighted by Gasteiger charge is -2.16. The minimum Gasteiger partial charge on any atom is -0.494 e. The Hall–Kier alpha value is -1.51. The molecule has 2 atom stereocenters. The van der Waals surface area contributed by atoms with Crippen LogP contribution in [0.1, 0.15) is 31.2 Å². The van der Waals surface area contributed by atoms with E-state index < -0.39 is 0 Å². The Morgan fingerprint density at radius 3 is 3.18 bits per heavy atom. The lowest BCUT2D eigenvalue weighted by molar-refractivity contribution is -0.117. The van der Waals surface area contributed by atoms with Crippen molar-refractivity contribution in [2.75, 3.05) is 18.5 Å². The normalized spacial score (nSPS) is 26.1. The molecule has 0 bridgehead atoms. The second-order valence-corrected chi connectivity index (χ2v) is 4.88. The summed E-state index contributed by atoms with van der Waals surface area (Å²) in [6.07, 6.45) is 1.90. The molecule has 1 aromatic carbocycles. The van der Waals surface area contributed by atoms with E-state index in [1.165, 1.54) is 5.56 Å². The smallest absolute Gasteiger partial charge is 0.152 e. The molecule has 1 N–H and O–H groups in total. The number of nitrogens with one attached hydrogen (secondary N) is 1. The molecule has 1 aliphatic heterocycles. The molecule has 0 amide bonds. The van der Waals surface area contributed by atoms with Crippen LogP contribution in [-0.4, -0.2) is 18.9 Å². The van der Waals surface area contributed by atoms with Crippen molar-refractivity contribution in [3.8, 4) is 5.75 Å².